The van der Waals surface area contributed by atoms with E-state index in [4.69, 9.17) is 17.0 Å². The summed E-state index contributed by atoms with van der Waals surface area (Å²) in [5.41, 5.74) is 1.56. The fourth-order valence-corrected chi connectivity index (χ4v) is 2.36. The number of aryl methyl sites for hydroxylation is 1. The van der Waals surface area contributed by atoms with Crippen LogP contribution in [0.25, 0.3) is 11.2 Å². The molecule has 2 heterocycles. The van der Waals surface area contributed by atoms with Gasteiger partial charge in [0.2, 0.25) is 11.8 Å². The predicted molar refractivity (Wildman–Crippen MR) is 77.3 cm³/mol. The molecule has 0 aliphatic heterocycles. The second-order valence-corrected chi connectivity index (χ2v) is 5.29. The summed E-state index contributed by atoms with van der Waals surface area (Å²) in [5.74, 6) is 0.592. The molecule has 0 aromatic carbocycles. The van der Waals surface area contributed by atoms with Crippen molar-refractivity contribution in [2.24, 2.45) is 0 Å². The highest BCUT2D eigenvalue weighted by molar-refractivity contribution is 7.71. The van der Waals surface area contributed by atoms with Gasteiger partial charge >= 0.3 is 0 Å². The van der Waals surface area contributed by atoms with Crippen LogP contribution in [0.1, 0.15) is 19.3 Å². The van der Waals surface area contributed by atoms with Gasteiger partial charge in [-0.2, -0.15) is 4.98 Å². The Labute approximate surface area is 121 Å². The standard InChI is InChI=1S/C13H16N4O2S/c1-19-11-5-4-9-12(16-11)17(13(20)15-9)7-6-10(18)14-8-2-3-8/h4-5,8H,2-3,6-7H2,1H3,(H,14,18)(H,15,20). The molecule has 1 aliphatic carbocycles. The molecule has 2 aromatic rings. The molecule has 0 bridgehead atoms. The summed E-state index contributed by atoms with van der Waals surface area (Å²) in [6.45, 7) is 0.511. The number of H-pyrrole nitrogens is 1. The van der Waals surface area contributed by atoms with Crippen molar-refractivity contribution in [2.75, 3.05) is 7.11 Å². The summed E-state index contributed by atoms with van der Waals surface area (Å²) in [7, 11) is 1.57. The van der Waals surface area contributed by atoms with Crippen molar-refractivity contribution in [3.05, 3.63) is 16.9 Å². The molecular formula is C13H16N4O2S. The zero-order valence-corrected chi connectivity index (χ0v) is 12.0. The van der Waals surface area contributed by atoms with Gasteiger partial charge < -0.3 is 19.6 Å². The molecule has 2 aromatic heterocycles. The predicted octanol–water partition coefficient (Wildman–Crippen LogP) is 1.77. The number of carbonyl (C=O) groups is 1. The molecule has 0 spiro atoms. The Kier molecular flexibility index (Phi) is 3.43. The second kappa shape index (κ2) is 5.24. The minimum absolute atomic E-state index is 0.0617. The number of hydrogen-bond donors (Lipinski definition) is 2. The second-order valence-electron chi connectivity index (χ2n) is 4.90. The molecule has 1 saturated carbocycles. The van der Waals surface area contributed by atoms with Gasteiger partial charge in [-0.05, 0) is 31.1 Å². The molecular weight excluding hydrogens is 276 g/mol. The average molecular weight is 292 g/mol. The highest BCUT2D eigenvalue weighted by Crippen LogP contribution is 2.19. The van der Waals surface area contributed by atoms with Crippen molar-refractivity contribution in [1.82, 2.24) is 19.9 Å². The molecule has 1 fully saturated rings. The summed E-state index contributed by atoms with van der Waals surface area (Å²) in [4.78, 5) is 19.2. The number of rotatable bonds is 5. The van der Waals surface area contributed by atoms with E-state index in [0.717, 1.165) is 18.4 Å². The Bertz CT molecular complexity index is 702. The van der Waals surface area contributed by atoms with Crippen LogP contribution in [0.2, 0.25) is 0 Å². The molecule has 3 rings (SSSR count). The van der Waals surface area contributed by atoms with Crippen molar-refractivity contribution in [3.63, 3.8) is 0 Å². The smallest absolute Gasteiger partial charge is 0.222 e. The molecule has 1 aliphatic rings. The molecule has 0 unspecified atom stereocenters. The number of aromatic amines is 1. The molecule has 2 N–H and O–H groups in total. The van der Waals surface area contributed by atoms with Gasteiger partial charge in [-0.25, -0.2) is 0 Å². The first kappa shape index (κ1) is 13.1. The van der Waals surface area contributed by atoms with Crippen molar-refractivity contribution in [3.8, 4) is 5.88 Å². The van der Waals surface area contributed by atoms with Gasteiger partial charge in [0, 0.05) is 25.1 Å². The first-order valence-electron chi connectivity index (χ1n) is 6.60. The van der Waals surface area contributed by atoms with Crippen LogP contribution in [0.5, 0.6) is 5.88 Å². The topological polar surface area (TPSA) is 71.9 Å². The van der Waals surface area contributed by atoms with Crippen LogP contribution in [0, 0.1) is 4.77 Å². The quantitative estimate of drug-likeness (QED) is 0.824. The first-order chi connectivity index (χ1) is 9.67. The lowest BCUT2D eigenvalue weighted by atomic mass is 10.3. The number of pyridine rings is 1. The molecule has 0 radical (unpaired) electrons. The van der Waals surface area contributed by atoms with E-state index in [9.17, 15) is 4.79 Å². The lowest BCUT2D eigenvalue weighted by Crippen LogP contribution is -2.26. The lowest BCUT2D eigenvalue weighted by Gasteiger charge is -2.05. The van der Waals surface area contributed by atoms with Gasteiger partial charge in [0.25, 0.3) is 0 Å². The van der Waals surface area contributed by atoms with E-state index in [1.165, 1.54) is 0 Å². The van der Waals surface area contributed by atoms with Gasteiger partial charge in [-0.1, -0.05) is 0 Å². The first-order valence-corrected chi connectivity index (χ1v) is 7.01. The number of hydrogen-bond acceptors (Lipinski definition) is 4. The largest absolute Gasteiger partial charge is 0.481 e. The fraction of sp³-hybridized carbons (Fsp3) is 0.462. The van der Waals surface area contributed by atoms with Crippen LogP contribution >= 0.6 is 12.2 Å². The average Bonchev–Trinajstić information content (AvgIpc) is 3.18. The Morgan fingerprint density at radius 2 is 2.40 bits per heavy atom. The molecule has 106 valence electrons. The van der Waals surface area contributed by atoms with Gasteiger partial charge in [0.05, 0.1) is 12.6 Å². The molecule has 6 nitrogen and oxygen atoms in total. The van der Waals surface area contributed by atoms with E-state index >= 15 is 0 Å². The molecule has 7 heteroatoms. The van der Waals surface area contributed by atoms with Crippen LogP contribution in [0.3, 0.4) is 0 Å². The maximum Gasteiger partial charge on any atom is 0.222 e. The highest BCUT2D eigenvalue weighted by Gasteiger charge is 2.23. The number of ether oxygens (including phenoxy) is 1. The summed E-state index contributed by atoms with van der Waals surface area (Å²) in [6.07, 6.45) is 2.59. The summed E-state index contributed by atoms with van der Waals surface area (Å²) < 4.78 is 7.52. The van der Waals surface area contributed by atoms with E-state index < -0.39 is 0 Å². The van der Waals surface area contributed by atoms with Crippen molar-refractivity contribution in [2.45, 2.75) is 31.8 Å². The number of nitrogens with one attached hydrogen (secondary N) is 2. The number of fused-ring (bicyclic) bond motifs is 1. The minimum Gasteiger partial charge on any atom is -0.481 e. The highest BCUT2D eigenvalue weighted by atomic mass is 32.1. The van der Waals surface area contributed by atoms with Gasteiger partial charge in [0.1, 0.15) is 0 Å². The zero-order chi connectivity index (χ0) is 14.1. The normalized spacial score (nSPS) is 14.4. The summed E-state index contributed by atoms with van der Waals surface area (Å²) in [5, 5.41) is 2.96. The number of carbonyl (C=O) groups excluding carboxylic acids is 1. The Morgan fingerprint density at radius 3 is 3.10 bits per heavy atom. The van der Waals surface area contributed by atoms with E-state index in [0.29, 0.717) is 35.3 Å². The SMILES string of the molecule is COc1ccc2[nH]c(=S)n(CCC(=O)NC3CC3)c2n1. The molecule has 20 heavy (non-hydrogen) atoms. The van der Waals surface area contributed by atoms with Crippen molar-refractivity contribution < 1.29 is 9.53 Å². The van der Waals surface area contributed by atoms with Crippen LogP contribution in [-0.2, 0) is 11.3 Å². The van der Waals surface area contributed by atoms with Crippen LogP contribution in [0.15, 0.2) is 12.1 Å². The zero-order valence-electron chi connectivity index (χ0n) is 11.2. The number of imidazole rings is 1. The third kappa shape index (κ3) is 2.67. The number of nitrogens with zero attached hydrogens (tertiary/aromatic N) is 2. The maximum absolute atomic E-state index is 11.7. The Morgan fingerprint density at radius 1 is 1.60 bits per heavy atom. The van der Waals surface area contributed by atoms with Crippen molar-refractivity contribution >= 4 is 29.3 Å². The van der Waals surface area contributed by atoms with Crippen LogP contribution in [0.4, 0.5) is 0 Å². The third-order valence-electron chi connectivity index (χ3n) is 3.31. The Balaban J connectivity index is 1.80. The lowest BCUT2D eigenvalue weighted by molar-refractivity contribution is -0.121. The molecule has 0 atom stereocenters. The van der Waals surface area contributed by atoms with Crippen LogP contribution in [-0.4, -0.2) is 33.6 Å². The van der Waals surface area contributed by atoms with Gasteiger partial charge in [0.15, 0.2) is 10.4 Å². The fourth-order valence-electron chi connectivity index (χ4n) is 2.08. The number of amides is 1. The minimum atomic E-state index is 0.0617. The summed E-state index contributed by atoms with van der Waals surface area (Å²) in [6, 6.07) is 4.03. The Hall–Kier alpha value is -1.89. The monoisotopic (exact) mass is 292 g/mol. The van der Waals surface area contributed by atoms with Gasteiger partial charge in [-0.3, -0.25) is 4.79 Å². The number of aromatic nitrogens is 3. The molecule has 1 amide bonds. The van der Waals surface area contributed by atoms with Crippen LogP contribution < -0.4 is 10.1 Å². The van der Waals surface area contributed by atoms with E-state index in [-0.39, 0.29) is 5.91 Å². The van der Waals surface area contributed by atoms with Crippen molar-refractivity contribution in [1.29, 1.82) is 0 Å². The summed E-state index contributed by atoms with van der Waals surface area (Å²) >= 11 is 5.28. The maximum atomic E-state index is 11.7. The van der Waals surface area contributed by atoms with E-state index in [1.54, 1.807) is 13.2 Å². The van der Waals surface area contributed by atoms with E-state index in [2.05, 4.69) is 15.3 Å². The molecule has 0 saturated heterocycles. The third-order valence-corrected chi connectivity index (χ3v) is 3.63. The van der Waals surface area contributed by atoms with E-state index in [1.807, 2.05) is 10.6 Å². The van der Waals surface area contributed by atoms with Gasteiger partial charge in [-0.15, -0.1) is 0 Å². The number of methoxy groups -OCH3 is 1.